The lowest BCUT2D eigenvalue weighted by atomic mass is 10.3. The molecule has 0 atom stereocenters. The topological polar surface area (TPSA) is 84.3 Å². The largest absolute Gasteiger partial charge is 0.324 e. The van der Waals surface area contributed by atoms with Crippen LogP contribution in [0.25, 0.3) is 11.0 Å². The van der Waals surface area contributed by atoms with E-state index in [0.29, 0.717) is 5.69 Å². The number of nitrogens with one attached hydrogen (secondary N) is 1. The molecular weight excluding hydrogens is 432 g/mol. The molecule has 9 heteroatoms. The Kier molecular flexibility index (Phi) is 7.74. The van der Waals surface area contributed by atoms with E-state index in [-0.39, 0.29) is 17.3 Å². The van der Waals surface area contributed by atoms with E-state index in [1.54, 1.807) is 23.9 Å². The highest BCUT2D eigenvalue weighted by Crippen LogP contribution is 2.25. The Hall–Kier alpha value is -2.36. The van der Waals surface area contributed by atoms with E-state index in [2.05, 4.69) is 12.2 Å². The summed E-state index contributed by atoms with van der Waals surface area (Å²) in [5.74, 6) is 0.710. The predicted octanol–water partition coefficient (Wildman–Crippen LogP) is 4.21. The maximum Gasteiger partial charge on any atom is 0.244 e. The quantitative estimate of drug-likeness (QED) is 0.362. The number of thioether (sulfide) groups is 1. The molecule has 1 N–H and O–H groups in total. The van der Waals surface area contributed by atoms with Gasteiger partial charge in [0, 0.05) is 25.5 Å². The number of rotatable bonds is 10. The number of para-hydroxylation sites is 2. The monoisotopic (exact) mass is 460 g/mol. The zero-order valence-corrected chi connectivity index (χ0v) is 19.7. The molecule has 1 heterocycles. The molecule has 0 unspecified atom stereocenters. The molecule has 0 aliphatic rings. The van der Waals surface area contributed by atoms with E-state index in [0.717, 1.165) is 39.1 Å². The number of sulfonamides is 1. The summed E-state index contributed by atoms with van der Waals surface area (Å²) in [5.41, 5.74) is 2.20. The second-order valence-corrected chi connectivity index (χ2v) is 10.6. The molecule has 0 aliphatic heterocycles. The minimum absolute atomic E-state index is 0.0985. The van der Waals surface area contributed by atoms with Crippen molar-refractivity contribution < 1.29 is 13.2 Å². The van der Waals surface area contributed by atoms with Crippen molar-refractivity contribution in [3.05, 3.63) is 48.5 Å². The number of aromatic nitrogens is 2. The molecule has 0 radical (unpaired) electrons. The third kappa shape index (κ3) is 5.66. The summed E-state index contributed by atoms with van der Waals surface area (Å²) in [5, 5.41) is 3.64. The van der Waals surface area contributed by atoms with Crippen LogP contribution in [0.1, 0.15) is 26.2 Å². The second kappa shape index (κ2) is 10.3. The lowest BCUT2D eigenvalue weighted by Crippen LogP contribution is -2.23. The Morgan fingerprint density at radius 1 is 1.13 bits per heavy atom. The van der Waals surface area contributed by atoms with Gasteiger partial charge in [-0.3, -0.25) is 4.79 Å². The number of imidazole rings is 1. The van der Waals surface area contributed by atoms with Crippen LogP contribution in [0.5, 0.6) is 0 Å². The molecule has 0 spiro atoms. The molecule has 0 saturated heterocycles. The first-order valence-corrected chi connectivity index (χ1v) is 12.7. The Balaban J connectivity index is 1.79. The SMILES string of the molecule is CCCCCSc1nc2ccccc2n1CC(=O)Nc1cccc(S(=O)(=O)N(C)C)c1. The molecule has 7 nitrogen and oxygen atoms in total. The van der Waals surface area contributed by atoms with Crippen molar-refractivity contribution in [2.75, 3.05) is 25.2 Å². The number of nitrogens with zero attached hydrogens (tertiary/aromatic N) is 3. The lowest BCUT2D eigenvalue weighted by molar-refractivity contribution is -0.116. The van der Waals surface area contributed by atoms with Gasteiger partial charge in [0.1, 0.15) is 6.54 Å². The van der Waals surface area contributed by atoms with Crippen molar-refractivity contribution in [3.63, 3.8) is 0 Å². The van der Waals surface area contributed by atoms with Crippen molar-refractivity contribution in [2.45, 2.75) is 42.8 Å². The maximum atomic E-state index is 12.8. The second-order valence-electron chi connectivity index (χ2n) is 7.39. The number of carbonyl (C=O) groups is 1. The normalized spacial score (nSPS) is 11.9. The van der Waals surface area contributed by atoms with Gasteiger partial charge in [-0.05, 0) is 36.8 Å². The number of amides is 1. The van der Waals surface area contributed by atoms with Crippen LogP contribution in [0.2, 0.25) is 0 Å². The summed E-state index contributed by atoms with van der Waals surface area (Å²) < 4.78 is 27.8. The van der Waals surface area contributed by atoms with Gasteiger partial charge in [0.15, 0.2) is 5.16 Å². The first-order chi connectivity index (χ1) is 14.8. The molecule has 3 rings (SSSR count). The van der Waals surface area contributed by atoms with Crippen molar-refractivity contribution in [1.29, 1.82) is 0 Å². The highest BCUT2D eigenvalue weighted by Gasteiger charge is 2.18. The van der Waals surface area contributed by atoms with Gasteiger partial charge in [-0.25, -0.2) is 17.7 Å². The standard InChI is InChI=1S/C22H28N4O3S2/c1-4-5-8-14-30-22-24-19-12-6-7-13-20(19)26(22)16-21(27)23-17-10-9-11-18(15-17)31(28,29)25(2)3/h6-7,9-13,15H,4-5,8,14,16H2,1-3H3,(H,23,27). The number of carbonyl (C=O) groups excluding carboxylic acids is 1. The Bertz CT molecular complexity index is 1160. The number of benzene rings is 2. The van der Waals surface area contributed by atoms with Gasteiger partial charge in [-0.1, -0.05) is 49.7 Å². The van der Waals surface area contributed by atoms with Gasteiger partial charge >= 0.3 is 0 Å². The molecule has 2 aromatic carbocycles. The highest BCUT2D eigenvalue weighted by atomic mass is 32.2. The molecule has 0 fully saturated rings. The highest BCUT2D eigenvalue weighted by molar-refractivity contribution is 7.99. The summed E-state index contributed by atoms with van der Waals surface area (Å²) in [4.78, 5) is 17.7. The van der Waals surface area contributed by atoms with Gasteiger partial charge < -0.3 is 9.88 Å². The van der Waals surface area contributed by atoms with Gasteiger partial charge in [0.25, 0.3) is 0 Å². The Morgan fingerprint density at radius 2 is 1.90 bits per heavy atom. The minimum Gasteiger partial charge on any atom is -0.324 e. The fraction of sp³-hybridized carbons (Fsp3) is 0.364. The maximum absolute atomic E-state index is 12.8. The van der Waals surface area contributed by atoms with Crippen molar-refractivity contribution in [3.8, 4) is 0 Å². The molecule has 3 aromatic rings. The molecular formula is C22H28N4O3S2. The van der Waals surface area contributed by atoms with Crippen LogP contribution in [0.4, 0.5) is 5.69 Å². The van der Waals surface area contributed by atoms with Gasteiger partial charge in [0.05, 0.1) is 15.9 Å². The number of hydrogen-bond acceptors (Lipinski definition) is 5. The van der Waals surface area contributed by atoms with Crippen LogP contribution in [0, 0.1) is 0 Å². The Morgan fingerprint density at radius 3 is 2.65 bits per heavy atom. The van der Waals surface area contributed by atoms with Crippen molar-refractivity contribution in [1.82, 2.24) is 13.9 Å². The minimum atomic E-state index is -3.57. The van der Waals surface area contributed by atoms with E-state index in [9.17, 15) is 13.2 Å². The Labute approximate surface area is 187 Å². The third-order valence-corrected chi connectivity index (χ3v) is 7.67. The first kappa shape index (κ1) is 23.3. The van der Waals surface area contributed by atoms with Gasteiger partial charge in [0.2, 0.25) is 15.9 Å². The number of unbranched alkanes of at least 4 members (excludes halogenated alkanes) is 2. The van der Waals surface area contributed by atoms with E-state index in [1.807, 2.05) is 28.8 Å². The van der Waals surface area contributed by atoms with Crippen LogP contribution < -0.4 is 5.32 Å². The number of anilines is 1. The van der Waals surface area contributed by atoms with E-state index in [4.69, 9.17) is 4.98 Å². The summed E-state index contributed by atoms with van der Waals surface area (Å²) in [7, 11) is -0.619. The van der Waals surface area contributed by atoms with E-state index >= 15 is 0 Å². The van der Waals surface area contributed by atoms with Crippen LogP contribution >= 0.6 is 11.8 Å². The summed E-state index contributed by atoms with van der Waals surface area (Å²) in [6.07, 6.45) is 3.42. The zero-order chi connectivity index (χ0) is 22.4. The molecule has 1 amide bonds. The van der Waals surface area contributed by atoms with Crippen LogP contribution in [-0.4, -0.2) is 48.0 Å². The first-order valence-electron chi connectivity index (χ1n) is 10.2. The van der Waals surface area contributed by atoms with Gasteiger partial charge in [-0.15, -0.1) is 0 Å². The van der Waals surface area contributed by atoms with Crippen LogP contribution in [0.15, 0.2) is 58.6 Å². The van der Waals surface area contributed by atoms with E-state index < -0.39 is 10.0 Å². The average molecular weight is 461 g/mol. The summed E-state index contributed by atoms with van der Waals surface area (Å²) in [6.45, 7) is 2.27. The zero-order valence-electron chi connectivity index (χ0n) is 18.0. The number of hydrogen-bond donors (Lipinski definition) is 1. The average Bonchev–Trinajstić information content (AvgIpc) is 3.08. The fourth-order valence-corrected chi connectivity index (χ4v) is 5.08. The summed E-state index contributed by atoms with van der Waals surface area (Å²) in [6, 6.07) is 14.0. The molecule has 0 bridgehead atoms. The predicted molar refractivity (Wildman–Crippen MR) is 126 cm³/mol. The van der Waals surface area contributed by atoms with Crippen molar-refractivity contribution in [2.24, 2.45) is 0 Å². The molecule has 1 aromatic heterocycles. The molecule has 0 saturated carbocycles. The molecule has 166 valence electrons. The van der Waals surface area contributed by atoms with E-state index in [1.165, 1.54) is 32.6 Å². The molecule has 31 heavy (non-hydrogen) atoms. The smallest absolute Gasteiger partial charge is 0.244 e. The lowest BCUT2D eigenvalue weighted by Gasteiger charge is -2.13. The molecule has 0 aliphatic carbocycles. The van der Waals surface area contributed by atoms with Crippen LogP contribution in [0.3, 0.4) is 0 Å². The van der Waals surface area contributed by atoms with Crippen LogP contribution in [-0.2, 0) is 21.4 Å². The van der Waals surface area contributed by atoms with Gasteiger partial charge in [-0.2, -0.15) is 0 Å². The summed E-state index contributed by atoms with van der Waals surface area (Å²) >= 11 is 1.66. The van der Waals surface area contributed by atoms with Crippen molar-refractivity contribution >= 4 is 44.4 Å². The fourth-order valence-electron chi connectivity index (χ4n) is 3.12. The number of fused-ring (bicyclic) bond motifs is 1. The third-order valence-electron chi connectivity index (χ3n) is 4.80.